The first-order valence-corrected chi connectivity index (χ1v) is 8.65. The molecule has 0 unspecified atom stereocenters. The number of amides is 1. The van der Waals surface area contributed by atoms with E-state index in [1.54, 1.807) is 7.11 Å². The molecule has 0 radical (unpaired) electrons. The van der Waals surface area contributed by atoms with Crippen molar-refractivity contribution in [3.8, 4) is 0 Å². The zero-order valence-corrected chi connectivity index (χ0v) is 13.7. The number of aromatic amines is 1. The normalized spacial score (nSPS) is 29.9. The van der Waals surface area contributed by atoms with E-state index >= 15 is 0 Å². The van der Waals surface area contributed by atoms with Gasteiger partial charge in [0.2, 0.25) is 11.1 Å². The van der Waals surface area contributed by atoms with Gasteiger partial charge < -0.3 is 14.8 Å². The molecular formula is C14H22N4O3S. The number of rotatable bonds is 7. The minimum absolute atomic E-state index is 0.0179. The second-order valence-electron chi connectivity index (χ2n) is 5.71. The lowest BCUT2D eigenvalue weighted by atomic mass is 9.67. The number of H-pyrrole nitrogens is 1. The van der Waals surface area contributed by atoms with Crippen LogP contribution in [0.15, 0.2) is 5.16 Å². The fourth-order valence-electron chi connectivity index (χ4n) is 3.29. The molecule has 0 bridgehead atoms. The Balaban J connectivity index is 1.48. The Hall–Kier alpha value is -1.12. The summed E-state index contributed by atoms with van der Waals surface area (Å²) in [4.78, 5) is 16.4. The van der Waals surface area contributed by atoms with Crippen LogP contribution in [0.3, 0.4) is 0 Å². The maximum Gasteiger partial charge on any atom is 0.230 e. The van der Waals surface area contributed by atoms with Crippen LogP contribution in [0.1, 0.15) is 19.2 Å². The number of carbonyl (C=O) groups excluding carboxylic acids is 1. The molecule has 4 atom stereocenters. The summed E-state index contributed by atoms with van der Waals surface area (Å²) in [7, 11) is 1.69. The van der Waals surface area contributed by atoms with Crippen LogP contribution in [0.4, 0.5) is 0 Å². The molecule has 22 heavy (non-hydrogen) atoms. The van der Waals surface area contributed by atoms with Crippen LogP contribution in [-0.2, 0) is 20.7 Å². The number of thioether (sulfide) groups is 1. The van der Waals surface area contributed by atoms with E-state index in [1.807, 2.05) is 6.92 Å². The molecule has 0 spiro atoms. The molecule has 2 fully saturated rings. The highest BCUT2D eigenvalue weighted by Crippen LogP contribution is 2.43. The van der Waals surface area contributed by atoms with Gasteiger partial charge in [-0.1, -0.05) is 18.7 Å². The van der Waals surface area contributed by atoms with Gasteiger partial charge in [-0.3, -0.25) is 9.89 Å². The maximum atomic E-state index is 12.2. The zero-order chi connectivity index (χ0) is 15.5. The second kappa shape index (κ2) is 6.97. The molecule has 1 aliphatic heterocycles. The van der Waals surface area contributed by atoms with E-state index in [4.69, 9.17) is 9.47 Å². The fraction of sp³-hybridized carbons (Fsp3) is 0.786. The predicted molar refractivity (Wildman–Crippen MR) is 81.6 cm³/mol. The molecule has 122 valence electrons. The smallest absolute Gasteiger partial charge is 0.230 e. The van der Waals surface area contributed by atoms with E-state index in [-0.39, 0.29) is 24.0 Å². The Kier molecular flexibility index (Phi) is 5.00. The minimum Gasteiger partial charge on any atom is -0.384 e. The monoisotopic (exact) mass is 326 g/mol. The molecule has 1 amide bonds. The number of carbonyl (C=O) groups is 1. The van der Waals surface area contributed by atoms with Gasteiger partial charge in [-0.25, -0.2) is 4.98 Å². The van der Waals surface area contributed by atoms with E-state index in [9.17, 15) is 4.79 Å². The number of ether oxygens (including phenoxy) is 2. The van der Waals surface area contributed by atoms with Gasteiger partial charge in [-0.15, -0.1) is 5.10 Å². The van der Waals surface area contributed by atoms with E-state index in [1.165, 1.54) is 11.8 Å². The molecule has 3 rings (SSSR count). The zero-order valence-electron chi connectivity index (χ0n) is 12.9. The Morgan fingerprint density at radius 1 is 1.59 bits per heavy atom. The molecule has 1 aromatic heterocycles. The first kappa shape index (κ1) is 15.8. The molecule has 1 aliphatic carbocycles. The SMILES string of the molecule is CCc1nc(SCC(=O)N[C@@H]2[C@@H](COC)[C@H]3OCC[C@@H]23)n[nH]1. The van der Waals surface area contributed by atoms with Crippen molar-refractivity contribution in [2.24, 2.45) is 11.8 Å². The first-order valence-electron chi connectivity index (χ1n) is 7.67. The number of nitrogens with one attached hydrogen (secondary N) is 2. The number of hydrogen-bond donors (Lipinski definition) is 2. The number of aryl methyl sites for hydroxylation is 1. The van der Waals surface area contributed by atoms with Crippen LogP contribution in [0.5, 0.6) is 0 Å². The van der Waals surface area contributed by atoms with Crippen LogP contribution in [0, 0.1) is 11.8 Å². The van der Waals surface area contributed by atoms with Gasteiger partial charge in [0.15, 0.2) is 0 Å². The number of nitrogens with zero attached hydrogens (tertiary/aromatic N) is 2. The van der Waals surface area contributed by atoms with Gasteiger partial charge in [0.1, 0.15) is 5.82 Å². The molecule has 7 nitrogen and oxygen atoms in total. The Morgan fingerprint density at radius 2 is 2.45 bits per heavy atom. The molecule has 2 heterocycles. The van der Waals surface area contributed by atoms with Crippen molar-refractivity contribution in [2.75, 3.05) is 26.1 Å². The van der Waals surface area contributed by atoms with Gasteiger partial charge in [-0.05, 0) is 6.42 Å². The largest absolute Gasteiger partial charge is 0.384 e. The standard InChI is InChI=1S/C14H22N4O3S/c1-3-10-15-14(18-17-10)22-7-11(19)16-12-8-4-5-21-13(8)9(12)6-20-2/h8-9,12-13H,3-7H2,1-2H3,(H,16,19)(H,15,17,18)/t8-,9+,12-,13-/m0/s1. The van der Waals surface area contributed by atoms with E-state index in [2.05, 4.69) is 20.5 Å². The molecule has 1 aromatic rings. The predicted octanol–water partition coefficient (Wildman–Crippen LogP) is 0.625. The summed E-state index contributed by atoms with van der Waals surface area (Å²) < 4.78 is 11.0. The van der Waals surface area contributed by atoms with E-state index < -0.39 is 0 Å². The van der Waals surface area contributed by atoms with Gasteiger partial charge in [0.05, 0.1) is 18.5 Å². The number of aromatic nitrogens is 3. The Bertz CT molecular complexity index is 524. The third-order valence-electron chi connectivity index (χ3n) is 4.39. The fourth-order valence-corrected chi connectivity index (χ4v) is 3.92. The highest BCUT2D eigenvalue weighted by atomic mass is 32.2. The summed E-state index contributed by atoms with van der Waals surface area (Å²) in [5, 5.41) is 10.7. The van der Waals surface area contributed by atoms with Gasteiger partial charge in [0.25, 0.3) is 0 Å². The lowest BCUT2D eigenvalue weighted by molar-refractivity contribution is -0.127. The van der Waals surface area contributed by atoms with Crippen molar-refractivity contribution in [1.82, 2.24) is 20.5 Å². The van der Waals surface area contributed by atoms with Crippen LogP contribution in [-0.4, -0.2) is 59.3 Å². The highest BCUT2D eigenvalue weighted by Gasteiger charge is 2.54. The molecular weight excluding hydrogens is 304 g/mol. The van der Waals surface area contributed by atoms with E-state index in [0.717, 1.165) is 25.3 Å². The average molecular weight is 326 g/mol. The van der Waals surface area contributed by atoms with Crippen molar-refractivity contribution in [2.45, 2.75) is 37.1 Å². The topological polar surface area (TPSA) is 89.1 Å². The maximum absolute atomic E-state index is 12.2. The van der Waals surface area contributed by atoms with Crippen LogP contribution >= 0.6 is 11.8 Å². The highest BCUT2D eigenvalue weighted by molar-refractivity contribution is 7.99. The second-order valence-corrected chi connectivity index (χ2v) is 6.65. The summed E-state index contributed by atoms with van der Waals surface area (Å²) in [6, 6.07) is 0.166. The third-order valence-corrected chi connectivity index (χ3v) is 5.24. The van der Waals surface area contributed by atoms with Gasteiger partial charge >= 0.3 is 0 Å². The Labute approximate surface area is 133 Å². The average Bonchev–Trinajstić information content (AvgIpc) is 3.15. The number of methoxy groups -OCH3 is 1. The minimum atomic E-state index is 0.0179. The number of hydrogen-bond acceptors (Lipinski definition) is 6. The third kappa shape index (κ3) is 3.13. The number of fused-ring (bicyclic) bond motifs is 1. The lowest BCUT2D eigenvalue weighted by Gasteiger charge is -2.47. The van der Waals surface area contributed by atoms with Crippen LogP contribution in [0.2, 0.25) is 0 Å². The van der Waals surface area contributed by atoms with Crippen molar-refractivity contribution in [3.63, 3.8) is 0 Å². The molecule has 2 N–H and O–H groups in total. The Morgan fingerprint density at radius 3 is 3.18 bits per heavy atom. The van der Waals surface area contributed by atoms with Crippen molar-refractivity contribution in [1.29, 1.82) is 0 Å². The summed E-state index contributed by atoms with van der Waals surface area (Å²) >= 11 is 1.35. The summed E-state index contributed by atoms with van der Waals surface area (Å²) in [5.74, 6) is 1.89. The lowest BCUT2D eigenvalue weighted by Crippen LogP contribution is -2.63. The quantitative estimate of drug-likeness (QED) is 0.714. The van der Waals surface area contributed by atoms with Crippen molar-refractivity contribution >= 4 is 17.7 Å². The summed E-state index contributed by atoms with van der Waals surface area (Å²) in [5.41, 5.74) is 0. The molecule has 1 saturated heterocycles. The molecule has 2 aliphatic rings. The van der Waals surface area contributed by atoms with E-state index in [0.29, 0.717) is 23.4 Å². The first-order chi connectivity index (χ1) is 10.7. The van der Waals surface area contributed by atoms with Gasteiger partial charge in [0, 0.05) is 38.0 Å². The van der Waals surface area contributed by atoms with Crippen molar-refractivity contribution < 1.29 is 14.3 Å². The summed E-state index contributed by atoms with van der Waals surface area (Å²) in [6.07, 6.45) is 2.07. The molecule has 1 saturated carbocycles. The molecule has 0 aromatic carbocycles. The van der Waals surface area contributed by atoms with Crippen LogP contribution < -0.4 is 5.32 Å². The molecule has 8 heteroatoms. The van der Waals surface area contributed by atoms with Gasteiger partial charge in [-0.2, -0.15) is 0 Å². The summed E-state index contributed by atoms with van der Waals surface area (Å²) in [6.45, 7) is 3.42. The van der Waals surface area contributed by atoms with Crippen LogP contribution in [0.25, 0.3) is 0 Å². The van der Waals surface area contributed by atoms with Crippen molar-refractivity contribution in [3.05, 3.63) is 5.82 Å².